The van der Waals surface area contributed by atoms with Gasteiger partial charge in [-0.1, -0.05) is 42.1 Å². The molecule has 6 nitrogen and oxygen atoms in total. The van der Waals surface area contributed by atoms with Crippen molar-refractivity contribution in [1.29, 1.82) is 0 Å². The standard InChI is InChI=1S/C21H15F2N5OS/c22-16-8-11-18(23)19(12-16)24-20(29)15-6-9-17(10-7-15)28-21(25-26-27-28)30-13-14-4-2-1-3-5-14/h1-12H,13H2,(H,24,29). The van der Waals surface area contributed by atoms with E-state index in [0.29, 0.717) is 16.6 Å². The Balaban J connectivity index is 1.47. The molecule has 1 N–H and O–H groups in total. The molecule has 3 aromatic carbocycles. The molecule has 150 valence electrons. The highest BCUT2D eigenvalue weighted by atomic mass is 32.2. The van der Waals surface area contributed by atoms with E-state index in [2.05, 4.69) is 20.8 Å². The van der Waals surface area contributed by atoms with Crippen molar-refractivity contribution in [2.45, 2.75) is 10.9 Å². The summed E-state index contributed by atoms with van der Waals surface area (Å²) >= 11 is 1.49. The van der Waals surface area contributed by atoms with Gasteiger partial charge in [-0.15, -0.1) is 5.10 Å². The summed E-state index contributed by atoms with van der Waals surface area (Å²) in [6.45, 7) is 0. The summed E-state index contributed by atoms with van der Waals surface area (Å²) in [4.78, 5) is 12.4. The average Bonchev–Trinajstić information content (AvgIpc) is 3.24. The third-order valence-electron chi connectivity index (χ3n) is 4.20. The lowest BCUT2D eigenvalue weighted by atomic mass is 10.2. The predicted molar refractivity (Wildman–Crippen MR) is 109 cm³/mol. The number of hydrogen-bond donors (Lipinski definition) is 1. The van der Waals surface area contributed by atoms with E-state index in [-0.39, 0.29) is 11.3 Å². The maximum Gasteiger partial charge on any atom is 0.255 e. The van der Waals surface area contributed by atoms with Crippen LogP contribution in [-0.4, -0.2) is 26.1 Å². The maximum absolute atomic E-state index is 13.7. The fourth-order valence-electron chi connectivity index (χ4n) is 2.69. The van der Waals surface area contributed by atoms with Gasteiger partial charge in [0.15, 0.2) is 0 Å². The van der Waals surface area contributed by atoms with Gasteiger partial charge in [0.05, 0.1) is 11.4 Å². The smallest absolute Gasteiger partial charge is 0.255 e. The molecule has 0 radical (unpaired) electrons. The van der Waals surface area contributed by atoms with Gasteiger partial charge in [0, 0.05) is 17.4 Å². The number of nitrogens with one attached hydrogen (secondary N) is 1. The number of rotatable bonds is 6. The van der Waals surface area contributed by atoms with E-state index in [0.717, 1.165) is 23.8 Å². The molecule has 1 heterocycles. The zero-order valence-corrected chi connectivity index (χ0v) is 16.3. The first-order valence-electron chi connectivity index (χ1n) is 8.92. The van der Waals surface area contributed by atoms with E-state index in [9.17, 15) is 13.6 Å². The van der Waals surface area contributed by atoms with Crippen molar-refractivity contribution in [3.05, 3.63) is 95.6 Å². The molecular formula is C21H15F2N5OS. The van der Waals surface area contributed by atoms with Gasteiger partial charge in [0.2, 0.25) is 5.16 Å². The van der Waals surface area contributed by atoms with E-state index in [1.165, 1.54) is 11.8 Å². The molecule has 1 aromatic heterocycles. The molecule has 0 fully saturated rings. The first-order valence-corrected chi connectivity index (χ1v) is 9.90. The lowest BCUT2D eigenvalue weighted by Gasteiger charge is -2.08. The molecular weight excluding hydrogens is 408 g/mol. The largest absolute Gasteiger partial charge is 0.319 e. The highest BCUT2D eigenvalue weighted by molar-refractivity contribution is 7.98. The van der Waals surface area contributed by atoms with Gasteiger partial charge in [-0.05, 0) is 52.4 Å². The van der Waals surface area contributed by atoms with Crippen LogP contribution in [-0.2, 0) is 5.75 Å². The minimum Gasteiger partial charge on any atom is -0.319 e. The number of carbonyl (C=O) groups excluding carboxylic acids is 1. The Morgan fingerprint density at radius 1 is 1.00 bits per heavy atom. The normalized spacial score (nSPS) is 10.7. The minimum absolute atomic E-state index is 0.218. The van der Waals surface area contributed by atoms with Crippen molar-refractivity contribution >= 4 is 23.4 Å². The number of anilines is 1. The molecule has 0 bridgehead atoms. The number of aromatic nitrogens is 4. The molecule has 0 saturated carbocycles. The molecule has 0 aliphatic carbocycles. The van der Waals surface area contributed by atoms with Crippen molar-refractivity contribution in [3.63, 3.8) is 0 Å². The van der Waals surface area contributed by atoms with Crippen LogP contribution in [0, 0.1) is 11.6 Å². The molecule has 0 saturated heterocycles. The van der Waals surface area contributed by atoms with Gasteiger partial charge in [-0.25, -0.2) is 8.78 Å². The second-order valence-corrected chi connectivity index (χ2v) is 7.22. The zero-order chi connectivity index (χ0) is 20.9. The SMILES string of the molecule is O=C(Nc1cc(F)ccc1F)c1ccc(-n2nnnc2SCc2ccccc2)cc1. The Labute approximate surface area is 174 Å². The van der Waals surface area contributed by atoms with Crippen LogP contribution in [0.3, 0.4) is 0 Å². The highest BCUT2D eigenvalue weighted by Gasteiger charge is 2.13. The van der Waals surface area contributed by atoms with Gasteiger partial charge in [0.1, 0.15) is 11.6 Å². The lowest BCUT2D eigenvalue weighted by molar-refractivity contribution is 0.102. The van der Waals surface area contributed by atoms with Gasteiger partial charge >= 0.3 is 0 Å². The summed E-state index contributed by atoms with van der Waals surface area (Å²) in [5.41, 5.74) is 1.89. The van der Waals surface area contributed by atoms with Gasteiger partial charge in [0.25, 0.3) is 5.91 Å². The molecule has 0 aliphatic heterocycles. The van der Waals surface area contributed by atoms with Crippen LogP contribution >= 0.6 is 11.8 Å². The van der Waals surface area contributed by atoms with E-state index in [1.807, 2.05) is 30.3 Å². The first-order chi connectivity index (χ1) is 14.6. The Kier molecular flexibility index (Phi) is 5.80. The molecule has 0 atom stereocenters. The predicted octanol–water partition coefficient (Wildman–Crippen LogP) is 4.49. The van der Waals surface area contributed by atoms with Crippen LogP contribution in [0.25, 0.3) is 5.69 Å². The monoisotopic (exact) mass is 423 g/mol. The summed E-state index contributed by atoms with van der Waals surface area (Å²) in [6, 6.07) is 19.3. The number of carbonyl (C=O) groups is 1. The number of nitrogens with zero attached hydrogens (tertiary/aromatic N) is 4. The molecule has 30 heavy (non-hydrogen) atoms. The van der Waals surface area contributed by atoms with Crippen molar-refractivity contribution in [3.8, 4) is 5.69 Å². The van der Waals surface area contributed by atoms with Gasteiger partial charge in [-0.2, -0.15) is 4.68 Å². The molecule has 0 unspecified atom stereocenters. The number of halogens is 2. The molecule has 4 aromatic rings. The number of hydrogen-bond acceptors (Lipinski definition) is 5. The van der Waals surface area contributed by atoms with Crippen LogP contribution in [0.4, 0.5) is 14.5 Å². The Morgan fingerprint density at radius 3 is 2.53 bits per heavy atom. The van der Waals surface area contributed by atoms with Crippen LogP contribution in [0.5, 0.6) is 0 Å². The number of amides is 1. The summed E-state index contributed by atoms with van der Waals surface area (Å²) in [5, 5.41) is 14.8. The first kappa shape index (κ1) is 19.7. The van der Waals surface area contributed by atoms with Crippen molar-refractivity contribution < 1.29 is 13.6 Å². The van der Waals surface area contributed by atoms with Crippen LogP contribution < -0.4 is 5.32 Å². The fraction of sp³-hybridized carbons (Fsp3) is 0.0476. The topological polar surface area (TPSA) is 72.7 Å². The average molecular weight is 423 g/mol. The summed E-state index contributed by atoms with van der Waals surface area (Å²) in [5.74, 6) is -1.20. The molecule has 1 amide bonds. The Morgan fingerprint density at radius 2 is 1.77 bits per heavy atom. The molecule has 4 rings (SSSR count). The quantitative estimate of drug-likeness (QED) is 0.463. The number of benzene rings is 3. The van der Waals surface area contributed by atoms with Crippen LogP contribution in [0.1, 0.15) is 15.9 Å². The number of thioether (sulfide) groups is 1. The second kappa shape index (κ2) is 8.83. The summed E-state index contributed by atoms with van der Waals surface area (Å²) in [7, 11) is 0. The molecule has 0 aliphatic rings. The van der Waals surface area contributed by atoms with Crippen molar-refractivity contribution in [2.75, 3.05) is 5.32 Å². The van der Waals surface area contributed by atoms with Crippen LogP contribution in [0.15, 0.2) is 78.0 Å². The van der Waals surface area contributed by atoms with Gasteiger partial charge in [-0.3, -0.25) is 4.79 Å². The Bertz CT molecular complexity index is 1170. The molecule has 0 spiro atoms. The van der Waals surface area contributed by atoms with Gasteiger partial charge < -0.3 is 5.32 Å². The zero-order valence-electron chi connectivity index (χ0n) is 15.5. The third kappa shape index (κ3) is 4.52. The molecule has 9 heteroatoms. The summed E-state index contributed by atoms with van der Waals surface area (Å²) < 4.78 is 28.6. The highest BCUT2D eigenvalue weighted by Crippen LogP contribution is 2.23. The van der Waals surface area contributed by atoms with E-state index >= 15 is 0 Å². The summed E-state index contributed by atoms with van der Waals surface area (Å²) in [6.07, 6.45) is 0. The van der Waals surface area contributed by atoms with Crippen molar-refractivity contribution in [2.24, 2.45) is 0 Å². The second-order valence-electron chi connectivity index (χ2n) is 6.27. The number of tetrazole rings is 1. The van der Waals surface area contributed by atoms with E-state index in [1.54, 1.807) is 28.9 Å². The minimum atomic E-state index is -0.713. The van der Waals surface area contributed by atoms with E-state index < -0.39 is 17.5 Å². The van der Waals surface area contributed by atoms with Crippen LogP contribution in [0.2, 0.25) is 0 Å². The van der Waals surface area contributed by atoms with Crippen molar-refractivity contribution in [1.82, 2.24) is 20.2 Å². The fourth-order valence-corrected chi connectivity index (χ4v) is 3.54. The van der Waals surface area contributed by atoms with E-state index in [4.69, 9.17) is 0 Å². The lowest BCUT2D eigenvalue weighted by Crippen LogP contribution is -2.13. The third-order valence-corrected chi connectivity index (χ3v) is 5.19. The maximum atomic E-state index is 13.7. The Hall–Kier alpha value is -3.59.